The molecule has 0 aromatic heterocycles. The Morgan fingerprint density at radius 2 is 1.27 bits per heavy atom. The van der Waals surface area contributed by atoms with E-state index in [1.54, 1.807) is 24.3 Å². The van der Waals surface area contributed by atoms with Crippen LogP contribution >= 0.6 is 0 Å². The van der Waals surface area contributed by atoms with Crippen LogP contribution in [0.4, 0.5) is 5.69 Å². The Bertz CT molecular complexity index is 1400. The number of hydrogen-bond donors (Lipinski definition) is 1. The normalized spacial score (nSPS) is 20.8. The van der Waals surface area contributed by atoms with Gasteiger partial charge in [-0.1, -0.05) is 0 Å². The van der Waals surface area contributed by atoms with Crippen molar-refractivity contribution < 1.29 is 61.9 Å². The summed E-state index contributed by atoms with van der Waals surface area (Å²) in [5.41, 5.74) is 1.14. The Labute approximate surface area is 252 Å². The maximum absolute atomic E-state index is 12.9. The van der Waals surface area contributed by atoms with Gasteiger partial charge in [-0.3, -0.25) is 28.8 Å². The number of esters is 4. The van der Waals surface area contributed by atoms with Crippen molar-refractivity contribution in [2.24, 2.45) is 0 Å². The van der Waals surface area contributed by atoms with Crippen LogP contribution in [-0.2, 0) is 42.9 Å². The molecule has 0 saturated carbocycles. The first kappa shape index (κ1) is 33.5. The Morgan fingerprint density at radius 1 is 0.705 bits per heavy atom. The van der Waals surface area contributed by atoms with Crippen molar-refractivity contribution in [3.05, 3.63) is 53.6 Å². The van der Waals surface area contributed by atoms with Crippen molar-refractivity contribution in [2.75, 3.05) is 19.0 Å². The Kier molecular flexibility index (Phi) is 11.4. The number of Topliss-reactive ketones (excluding diaryl/α,β-unsaturated/α-hetero) is 1. The van der Waals surface area contributed by atoms with Crippen LogP contribution in [0.25, 0.3) is 0 Å². The molecule has 1 aliphatic rings. The number of amides is 1. The van der Waals surface area contributed by atoms with Gasteiger partial charge in [-0.25, -0.2) is 0 Å². The number of hydrogen-bond acceptors (Lipinski definition) is 13. The lowest BCUT2D eigenvalue weighted by Crippen LogP contribution is -2.63. The van der Waals surface area contributed by atoms with E-state index in [1.807, 2.05) is 0 Å². The second kappa shape index (κ2) is 15.0. The van der Waals surface area contributed by atoms with Crippen molar-refractivity contribution in [3.63, 3.8) is 0 Å². The number of methoxy groups -OCH3 is 1. The number of rotatable bonds is 11. The molecule has 2 aromatic rings. The van der Waals surface area contributed by atoms with Gasteiger partial charge in [-0.05, 0) is 49.4 Å². The van der Waals surface area contributed by atoms with Crippen molar-refractivity contribution in [3.8, 4) is 11.5 Å². The van der Waals surface area contributed by atoms with E-state index in [1.165, 1.54) is 32.2 Å². The molecule has 0 aliphatic carbocycles. The minimum Gasteiger partial charge on any atom is -0.493 e. The molecule has 3 rings (SSSR count). The molecule has 1 N–H and O–H groups in total. The van der Waals surface area contributed by atoms with E-state index in [-0.39, 0.29) is 22.8 Å². The fourth-order valence-corrected chi connectivity index (χ4v) is 4.31. The van der Waals surface area contributed by atoms with Crippen LogP contribution in [0.2, 0.25) is 0 Å². The van der Waals surface area contributed by atoms with Gasteiger partial charge in [-0.15, -0.1) is 0 Å². The number of carbonyl (C=O) groups excluding carboxylic acids is 6. The minimum atomic E-state index is -1.50. The molecular formula is C30H33NO13. The molecule has 14 heteroatoms. The first-order valence-corrected chi connectivity index (χ1v) is 13.4. The fraction of sp³-hybridized carbons (Fsp3) is 0.400. The zero-order chi connectivity index (χ0) is 32.6. The Balaban J connectivity index is 1.93. The van der Waals surface area contributed by atoms with Crippen LogP contribution in [0, 0.1) is 0 Å². The van der Waals surface area contributed by atoms with E-state index in [0.717, 1.165) is 27.7 Å². The van der Waals surface area contributed by atoms with Gasteiger partial charge < -0.3 is 38.5 Å². The molecule has 0 unspecified atom stereocenters. The zero-order valence-electron chi connectivity index (χ0n) is 24.9. The molecule has 2 aromatic carbocycles. The summed E-state index contributed by atoms with van der Waals surface area (Å²) < 4.78 is 38.6. The first-order valence-electron chi connectivity index (χ1n) is 13.4. The van der Waals surface area contributed by atoms with Crippen molar-refractivity contribution in [1.82, 2.24) is 0 Å². The smallest absolute Gasteiger partial charge is 0.303 e. The summed E-state index contributed by atoms with van der Waals surface area (Å²) in [4.78, 5) is 72.0. The largest absolute Gasteiger partial charge is 0.493 e. The third-order valence-electron chi connectivity index (χ3n) is 6.17. The second-order valence-electron chi connectivity index (χ2n) is 9.64. The van der Waals surface area contributed by atoms with Gasteiger partial charge in [0.15, 0.2) is 29.5 Å². The standard InChI is InChI=1S/C30H33NO13/c1-15(32)20-7-10-22(11-8-20)31-29(37)21-9-12-23(24(13-21)38-6)43-30-28(42-19(5)36)27(41-18(4)35)26(40-17(3)34)25(44-30)14-39-16(2)33/h7-13,25-28,30H,14H2,1-6H3,(H,31,37)/t25-,26+,27+,28+,30+/m0/s1. The summed E-state index contributed by atoms with van der Waals surface area (Å²) >= 11 is 0. The predicted octanol–water partition coefficient (Wildman–Crippen LogP) is 2.61. The van der Waals surface area contributed by atoms with E-state index >= 15 is 0 Å². The van der Waals surface area contributed by atoms with Crippen molar-refractivity contribution in [2.45, 2.75) is 65.3 Å². The predicted molar refractivity (Wildman–Crippen MR) is 150 cm³/mol. The maximum atomic E-state index is 12.9. The molecule has 0 spiro atoms. The van der Waals surface area contributed by atoms with E-state index in [2.05, 4.69) is 5.32 Å². The number of ether oxygens (including phenoxy) is 7. The van der Waals surface area contributed by atoms with Gasteiger partial charge in [0.05, 0.1) is 7.11 Å². The molecule has 44 heavy (non-hydrogen) atoms. The highest BCUT2D eigenvalue weighted by Crippen LogP contribution is 2.35. The summed E-state index contributed by atoms with van der Waals surface area (Å²) in [5, 5.41) is 2.72. The van der Waals surface area contributed by atoms with Crippen molar-refractivity contribution in [1.29, 1.82) is 0 Å². The molecule has 14 nitrogen and oxygen atoms in total. The molecule has 1 saturated heterocycles. The molecule has 1 fully saturated rings. The number of carbonyl (C=O) groups is 6. The Hall–Kier alpha value is -4.98. The molecular weight excluding hydrogens is 582 g/mol. The fourth-order valence-electron chi connectivity index (χ4n) is 4.31. The van der Waals surface area contributed by atoms with E-state index in [4.69, 9.17) is 33.2 Å². The zero-order valence-corrected chi connectivity index (χ0v) is 24.9. The van der Waals surface area contributed by atoms with Gasteiger partial charge in [0.2, 0.25) is 12.4 Å². The molecule has 5 atom stereocenters. The van der Waals surface area contributed by atoms with Crippen LogP contribution in [-0.4, -0.2) is 80.0 Å². The number of benzene rings is 2. The van der Waals surface area contributed by atoms with Gasteiger partial charge in [-0.2, -0.15) is 0 Å². The van der Waals surface area contributed by atoms with Crippen LogP contribution < -0.4 is 14.8 Å². The highest BCUT2D eigenvalue weighted by molar-refractivity contribution is 6.05. The first-order chi connectivity index (χ1) is 20.8. The molecule has 1 heterocycles. The van der Waals surface area contributed by atoms with Crippen LogP contribution in [0.1, 0.15) is 55.3 Å². The van der Waals surface area contributed by atoms with E-state index in [9.17, 15) is 28.8 Å². The van der Waals surface area contributed by atoms with Crippen LogP contribution in [0.5, 0.6) is 11.5 Å². The van der Waals surface area contributed by atoms with Gasteiger partial charge in [0.1, 0.15) is 12.7 Å². The highest BCUT2D eigenvalue weighted by atomic mass is 16.7. The number of ketones is 1. The molecule has 236 valence electrons. The Morgan fingerprint density at radius 3 is 1.82 bits per heavy atom. The second-order valence-corrected chi connectivity index (χ2v) is 9.64. The third kappa shape index (κ3) is 9.01. The summed E-state index contributed by atoms with van der Waals surface area (Å²) in [7, 11) is 1.33. The summed E-state index contributed by atoms with van der Waals surface area (Å²) in [5.74, 6) is -3.50. The highest BCUT2D eigenvalue weighted by Gasteiger charge is 2.53. The molecule has 1 amide bonds. The van der Waals surface area contributed by atoms with Crippen LogP contribution in [0.15, 0.2) is 42.5 Å². The topological polar surface area (TPSA) is 179 Å². The summed E-state index contributed by atoms with van der Waals surface area (Å²) in [6.45, 7) is 5.49. The lowest BCUT2D eigenvalue weighted by molar-refractivity contribution is -0.288. The monoisotopic (exact) mass is 615 g/mol. The number of nitrogens with one attached hydrogen (secondary N) is 1. The molecule has 1 aliphatic heterocycles. The average Bonchev–Trinajstić information content (AvgIpc) is 2.94. The van der Waals surface area contributed by atoms with Gasteiger partial charge in [0.25, 0.3) is 5.91 Å². The molecule has 0 radical (unpaired) electrons. The minimum absolute atomic E-state index is 0.0377. The average molecular weight is 616 g/mol. The van der Waals surface area contributed by atoms with Crippen molar-refractivity contribution >= 4 is 41.3 Å². The van der Waals surface area contributed by atoms with Gasteiger partial charge >= 0.3 is 23.9 Å². The lowest BCUT2D eigenvalue weighted by atomic mass is 9.98. The molecule has 0 bridgehead atoms. The summed E-state index contributed by atoms with van der Waals surface area (Å²) in [6.07, 6.45) is -6.94. The van der Waals surface area contributed by atoms with E-state index in [0.29, 0.717) is 11.3 Å². The van der Waals surface area contributed by atoms with Gasteiger partial charge in [0, 0.05) is 44.5 Å². The number of anilines is 1. The lowest BCUT2D eigenvalue weighted by Gasteiger charge is -2.44. The van der Waals surface area contributed by atoms with Crippen LogP contribution in [0.3, 0.4) is 0 Å². The third-order valence-corrected chi connectivity index (χ3v) is 6.17. The summed E-state index contributed by atoms with van der Waals surface area (Å²) in [6, 6.07) is 10.6. The maximum Gasteiger partial charge on any atom is 0.303 e. The quantitative estimate of drug-likeness (QED) is 0.222. The SMILES string of the molecule is COc1cc(C(=O)Nc2ccc(C(C)=O)cc2)ccc1O[C@@H]1O[C@@H](COC(C)=O)[C@@H](OC(C)=O)[C@@H](OC(C)=O)[C@H]1OC(C)=O. The van der Waals surface area contributed by atoms with E-state index < -0.39 is 67.1 Å².